The molecule has 3 aromatic heterocycles. The Morgan fingerprint density at radius 2 is 2.11 bits per heavy atom. The number of anilines is 1. The van der Waals surface area contributed by atoms with Crippen LogP contribution in [0.5, 0.6) is 0 Å². The van der Waals surface area contributed by atoms with Crippen LogP contribution in [0.3, 0.4) is 0 Å². The number of rotatable bonds is 4. The molecule has 1 aliphatic rings. The summed E-state index contributed by atoms with van der Waals surface area (Å²) in [6.07, 6.45) is 6.28. The van der Waals surface area contributed by atoms with Crippen LogP contribution < -0.4 is 15.5 Å². The smallest absolute Gasteiger partial charge is 0.191 e. The maximum absolute atomic E-state index is 4.64. The Morgan fingerprint density at radius 3 is 2.82 bits per heavy atom. The first-order chi connectivity index (χ1) is 13.2. The summed E-state index contributed by atoms with van der Waals surface area (Å²) < 4.78 is 3.07. The minimum absolute atomic E-state index is 0. The molecule has 9 heteroatoms. The fourth-order valence-electron chi connectivity index (χ4n) is 3.36. The number of pyridine rings is 1. The number of halogens is 2. The summed E-state index contributed by atoms with van der Waals surface area (Å²) in [4.78, 5) is 11.5. The van der Waals surface area contributed by atoms with Crippen molar-refractivity contribution in [3.63, 3.8) is 0 Å². The van der Waals surface area contributed by atoms with E-state index in [9.17, 15) is 0 Å². The maximum Gasteiger partial charge on any atom is 0.191 e. The summed E-state index contributed by atoms with van der Waals surface area (Å²) in [7, 11) is 1.82. The van der Waals surface area contributed by atoms with Gasteiger partial charge >= 0.3 is 0 Å². The van der Waals surface area contributed by atoms with Gasteiger partial charge in [-0.25, -0.2) is 4.98 Å². The van der Waals surface area contributed by atoms with Crippen LogP contribution >= 0.6 is 51.2 Å². The monoisotopic (exact) mass is 574 g/mol. The van der Waals surface area contributed by atoms with Crippen LogP contribution in [0.15, 0.2) is 51.5 Å². The Balaban J connectivity index is 0.00000225. The Labute approximate surface area is 194 Å². The molecule has 1 saturated heterocycles. The van der Waals surface area contributed by atoms with Crippen molar-refractivity contribution >= 4 is 67.9 Å². The standard InChI is InChI=1S/C19H23BrN6S.HI/c1-21-19(22-11-16-13-26-12-14(20)4-5-17(26)23-16)24-15-6-8-25(9-7-15)18-3-2-10-27-18;/h2-5,10,12-13,15H,6-9,11H2,1H3,(H2,21,22,24);1H. The lowest BCUT2D eigenvalue weighted by Gasteiger charge is -2.33. The summed E-state index contributed by atoms with van der Waals surface area (Å²) in [6, 6.07) is 8.77. The molecule has 0 spiro atoms. The highest BCUT2D eigenvalue weighted by atomic mass is 127. The zero-order chi connectivity index (χ0) is 18.6. The minimum atomic E-state index is 0. The van der Waals surface area contributed by atoms with Crippen molar-refractivity contribution in [3.8, 4) is 0 Å². The maximum atomic E-state index is 4.64. The average molecular weight is 575 g/mol. The number of guanidine groups is 1. The quantitative estimate of drug-likeness (QED) is 0.280. The van der Waals surface area contributed by atoms with Crippen LogP contribution in [-0.4, -0.2) is 41.5 Å². The van der Waals surface area contributed by atoms with E-state index in [4.69, 9.17) is 0 Å². The van der Waals surface area contributed by atoms with Crippen molar-refractivity contribution in [2.75, 3.05) is 25.0 Å². The van der Waals surface area contributed by atoms with Crippen molar-refractivity contribution in [2.24, 2.45) is 4.99 Å². The van der Waals surface area contributed by atoms with Crippen molar-refractivity contribution in [1.29, 1.82) is 0 Å². The Kier molecular flexibility index (Phi) is 7.58. The van der Waals surface area contributed by atoms with Crippen LogP contribution in [0.25, 0.3) is 5.65 Å². The van der Waals surface area contributed by atoms with Crippen LogP contribution in [0, 0.1) is 0 Å². The molecule has 28 heavy (non-hydrogen) atoms. The number of aromatic nitrogens is 2. The van der Waals surface area contributed by atoms with Gasteiger partial charge in [-0.2, -0.15) is 0 Å². The fourth-order valence-corrected chi connectivity index (χ4v) is 4.50. The normalized spacial score (nSPS) is 15.5. The van der Waals surface area contributed by atoms with Crippen molar-refractivity contribution in [2.45, 2.75) is 25.4 Å². The lowest BCUT2D eigenvalue weighted by atomic mass is 10.1. The molecular weight excluding hydrogens is 551 g/mol. The van der Waals surface area contributed by atoms with E-state index in [0.717, 1.165) is 47.7 Å². The molecule has 0 unspecified atom stereocenters. The fraction of sp³-hybridized carbons (Fsp3) is 0.368. The highest BCUT2D eigenvalue weighted by Crippen LogP contribution is 2.24. The highest BCUT2D eigenvalue weighted by molar-refractivity contribution is 14.0. The van der Waals surface area contributed by atoms with Gasteiger partial charge in [0.15, 0.2) is 5.96 Å². The van der Waals surface area contributed by atoms with E-state index < -0.39 is 0 Å². The number of aliphatic imine (C=N–C) groups is 1. The third-order valence-corrected chi connectivity index (χ3v) is 6.18. The van der Waals surface area contributed by atoms with Gasteiger partial charge in [0.05, 0.1) is 17.2 Å². The lowest BCUT2D eigenvalue weighted by molar-refractivity contribution is 0.462. The molecule has 3 aromatic rings. The summed E-state index contributed by atoms with van der Waals surface area (Å²) in [5, 5.41) is 10.5. The molecule has 2 N–H and O–H groups in total. The second-order valence-electron chi connectivity index (χ2n) is 6.63. The number of hydrogen-bond acceptors (Lipinski definition) is 4. The molecule has 0 bridgehead atoms. The Morgan fingerprint density at radius 1 is 1.29 bits per heavy atom. The molecule has 0 amide bonds. The zero-order valence-corrected chi connectivity index (χ0v) is 20.4. The van der Waals surface area contributed by atoms with E-state index >= 15 is 0 Å². The van der Waals surface area contributed by atoms with Gasteiger partial charge in [-0.3, -0.25) is 4.99 Å². The minimum Gasteiger partial charge on any atom is -0.363 e. The van der Waals surface area contributed by atoms with Crippen molar-refractivity contribution in [3.05, 3.63) is 52.2 Å². The Hall–Kier alpha value is -1.33. The number of imidazole rings is 1. The summed E-state index contributed by atoms with van der Waals surface area (Å²) in [5.74, 6) is 0.836. The van der Waals surface area contributed by atoms with Gasteiger partial charge in [0.1, 0.15) is 5.65 Å². The number of piperidine rings is 1. The van der Waals surface area contributed by atoms with E-state index in [1.807, 2.05) is 47.3 Å². The molecule has 1 fully saturated rings. The molecule has 4 heterocycles. The molecule has 0 radical (unpaired) electrons. The highest BCUT2D eigenvalue weighted by Gasteiger charge is 2.20. The van der Waals surface area contributed by atoms with Crippen LogP contribution in [0.1, 0.15) is 18.5 Å². The first-order valence-electron chi connectivity index (χ1n) is 9.10. The molecule has 0 saturated carbocycles. The SMILES string of the molecule is CN=C(NCc1cn2cc(Br)ccc2n1)NC1CCN(c2cccs2)CC1.I. The predicted octanol–water partition coefficient (Wildman–Crippen LogP) is 4.11. The summed E-state index contributed by atoms with van der Waals surface area (Å²) >= 11 is 5.31. The van der Waals surface area contributed by atoms with E-state index in [2.05, 4.69) is 59.0 Å². The summed E-state index contributed by atoms with van der Waals surface area (Å²) in [5.41, 5.74) is 1.93. The second-order valence-corrected chi connectivity index (χ2v) is 8.47. The van der Waals surface area contributed by atoms with Crippen molar-refractivity contribution in [1.82, 2.24) is 20.0 Å². The van der Waals surface area contributed by atoms with E-state index in [1.165, 1.54) is 5.00 Å². The second kappa shape index (κ2) is 9.93. The number of hydrogen-bond donors (Lipinski definition) is 2. The average Bonchev–Trinajstić information content (AvgIpc) is 3.35. The number of thiophene rings is 1. The first kappa shape index (κ1) is 21.4. The molecule has 6 nitrogen and oxygen atoms in total. The van der Waals surface area contributed by atoms with Gasteiger partial charge < -0.3 is 19.9 Å². The molecule has 0 aliphatic carbocycles. The van der Waals surface area contributed by atoms with Crippen LogP contribution in [0.4, 0.5) is 5.00 Å². The van der Waals surface area contributed by atoms with Gasteiger partial charge in [-0.05, 0) is 58.4 Å². The van der Waals surface area contributed by atoms with Gasteiger partial charge in [0, 0.05) is 43.0 Å². The summed E-state index contributed by atoms with van der Waals surface area (Å²) in [6.45, 7) is 2.81. The van der Waals surface area contributed by atoms with E-state index in [-0.39, 0.29) is 24.0 Å². The molecule has 0 aromatic carbocycles. The zero-order valence-electron chi connectivity index (χ0n) is 15.6. The van der Waals surface area contributed by atoms with Crippen LogP contribution in [0.2, 0.25) is 0 Å². The number of nitrogens with one attached hydrogen (secondary N) is 2. The van der Waals surface area contributed by atoms with Gasteiger partial charge in [0.25, 0.3) is 0 Å². The molecule has 0 atom stereocenters. The van der Waals surface area contributed by atoms with Gasteiger partial charge in [-0.15, -0.1) is 35.3 Å². The van der Waals surface area contributed by atoms with E-state index in [0.29, 0.717) is 12.6 Å². The number of fused-ring (bicyclic) bond motifs is 1. The predicted molar refractivity (Wildman–Crippen MR) is 131 cm³/mol. The molecule has 150 valence electrons. The lowest BCUT2D eigenvalue weighted by Crippen LogP contribution is -2.48. The van der Waals surface area contributed by atoms with Gasteiger partial charge in [0.2, 0.25) is 0 Å². The van der Waals surface area contributed by atoms with Gasteiger partial charge in [-0.1, -0.05) is 0 Å². The van der Waals surface area contributed by atoms with Crippen molar-refractivity contribution < 1.29 is 0 Å². The molecule has 1 aliphatic heterocycles. The third kappa shape index (κ3) is 5.18. The van der Waals surface area contributed by atoms with E-state index in [1.54, 1.807) is 0 Å². The Bertz CT molecular complexity index is 918. The number of nitrogens with zero attached hydrogens (tertiary/aromatic N) is 4. The first-order valence-corrected chi connectivity index (χ1v) is 10.8. The largest absolute Gasteiger partial charge is 0.363 e. The topological polar surface area (TPSA) is 57.0 Å². The molecule has 4 rings (SSSR count). The third-order valence-electron chi connectivity index (χ3n) is 4.78. The van der Waals surface area contributed by atoms with Crippen LogP contribution in [-0.2, 0) is 6.54 Å². The molecular formula is C19H24BrIN6S.